The smallest absolute Gasteiger partial charge is 0.0867 e. The number of hydrogen-bond donors (Lipinski definition) is 0. The van der Waals surface area contributed by atoms with Crippen molar-refractivity contribution in [2.24, 2.45) is 11.8 Å². The summed E-state index contributed by atoms with van der Waals surface area (Å²) in [6.07, 6.45) is 11.6. The highest BCUT2D eigenvalue weighted by Gasteiger charge is 2.36. The van der Waals surface area contributed by atoms with Crippen LogP contribution < -0.4 is 0 Å². The molecule has 1 aliphatic carbocycles. The number of fused-ring (bicyclic) bond motifs is 2. The molecule has 3 aliphatic rings. The monoisotopic (exact) mass is 193 g/mol. The van der Waals surface area contributed by atoms with Gasteiger partial charge >= 0.3 is 0 Å². The lowest BCUT2D eigenvalue weighted by atomic mass is 9.73. The molecule has 3 atom stereocenters. The summed E-state index contributed by atoms with van der Waals surface area (Å²) in [6.45, 7) is 1.97. The van der Waals surface area contributed by atoms with Crippen molar-refractivity contribution < 1.29 is 4.84 Å². The minimum absolute atomic E-state index is 0.586. The Morgan fingerprint density at radius 2 is 2.00 bits per heavy atom. The Hall–Kier alpha value is -0.340. The summed E-state index contributed by atoms with van der Waals surface area (Å²) >= 11 is 0. The second-order valence-corrected chi connectivity index (χ2v) is 4.93. The SMILES string of the molecule is C1=CC2CC3CCCCC3CN2OC1. The van der Waals surface area contributed by atoms with E-state index in [0.29, 0.717) is 6.04 Å². The molecule has 0 aromatic heterocycles. The van der Waals surface area contributed by atoms with Crippen LogP contribution in [0, 0.1) is 11.8 Å². The summed E-state index contributed by atoms with van der Waals surface area (Å²) in [5, 5.41) is 2.23. The van der Waals surface area contributed by atoms with Crippen LogP contribution >= 0.6 is 0 Å². The Kier molecular flexibility index (Phi) is 2.34. The van der Waals surface area contributed by atoms with E-state index in [1.165, 1.54) is 38.6 Å². The van der Waals surface area contributed by atoms with E-state index < -0.39 is 0 Å². The lowest BCUT2D eigenvalue weighted by Crippen LogP contribution is -2.48. The average Bonchev–Trinajstić information content (AvgIpc) is 2.26. The van der Waals surface area contributed by atoms with E-state index in [9.17, 15) is 0 Å². The zero-order chi connectivity index (χ0) is 9.38. The number of hydrogen-bond acceptors (Lipinski definition) is 2. The summed E-state index contributed by atoms with van der Waals surface area (Å²) in [7, 11) is 0. The van der Waals surface area contributed by atoms with Gasteiger partial charge in [-0.3, -0.25) is 4.84 Å². The third-order valence-electron chi connectivity index (χ3n) is 4.09. The molecule has 0 aromatic rings. The van der Waals surface area contributed by atoms with Gasteiger partial charge in [-0.2, -0.15) is 5.06 Å². The molecular weight excluding hydrogens is 174 g/mol. The third-order valence-corrected chi connectivity index (χ3v) is 4.09. The molecule has 78 valence electrons. The Labute approximate surface area is 85.9 Å². The third kappa shape index (κ3) is 1.51. The fraction of sp³-hybridized carbons (Fsp3) is 0.833. The quantitative estimate of drug-likeness (QED) is 0.548. The van der Waals surface area contributed by atoms with E-state index in [-0.39, 0.29) is 0 Å². The molecule has 3 unspecified atom stereocenters. The van der Waals surface area contributed by atoms with Gasteiger partial charge < -0.3 is 0 Å². The topological polar surface area (TPSA) is 12.5 Å². The molecule has 2 fully saturated rings. The maximum atomic E-state index is 5.68. The first kappa shape index (κ1) is 8.93. The van der Waals surface area contributed by atoms with Crippen LogP contribution in [0.1, 0.15) is 32.1 Å². The van der Waals surface area contributed by atoms with E-state index in [0.717, 1.165) is 18.4 Å². The van der Waals surface area contributed by atoms with Crippen LogP contribution in [-0.4, -0.2) is 24.3 Å². The molecule has 2 heterocycles. The molecule has 2 aliphatic heterocycles. The molecule has 0 N–H and O–H groups in total. The van der Waals surface area contributed by atoms with Crippen molar-refractivity contribution in [2.45, 2.75) is 38.1 Å². The highest BCUT2D eigenvalue weighted by Crippen LogP contribution is 2.39. The van der Waals surface area contributed by atoms with Gasteiger partial charge in [0.2, 0.25) is 0 Å². The van der Waals surface area contributed by atoms with Gasteiger partial charge in [0.05, 0.1) is 12.6 Å². The molecule has 0 aromatic carbocycles. The Bertz CT molecular complexity index is 238. The highest BCUT2D eigenvalue weighted by molar-refractivity contribution is 5.00. The molecule has 14 heavy (non-hydrogen) atoms. The number of hydroxylamine groups is 2. The summed E-state index contributed by atoms with van der Waals surface area (Å²) < 4.78 is 0. The highest BCUT2D eigenvalue weighted by atomic mass is 16.7. The summed E-state index contributed by atoms with van der Waals surface area (Å²) in [5.41, 5.74) is 0. The van der Waals surface area contributed by atoms with Gasteiger partial charge in [0.1, 0.15) is 0 Å². The first-order valence-corrected chi connectivity index (χ1v) is 6.00. The molecule has 3 rings (SSSR count). The minimum atomic E-state index is 0.586. The average molecular weight is 193 g/mol. The molecule has 2 nitrogen and oxygen atoms in total. The van der Waals surface area contributed by atoms with Gasteiger partial charge in [0.25, 0.3) is 0 Å². The van der Waals surface area contributed by atoms with Crippen LogP contribution in [0.5, 0.6) is 0 Å². The van der Waals surface area contributed by atoms with Gasteiger partial charge in [-0.25, -0.2) is 0 Å². The first-order valence-electron chi connectivity index (χ1n) is 6.00. The molecule has 0 spiro atoms. The van der Waals surface area contributed by atoms with Crippen molar-refractivity contribution >= 4 is 0 Å². The van der Waals surface area contributed by atoms with Crippen molar-refractivity contribution in [3.63, 3.8) is 0 Å². The van der Waals surface area contributed by atoms with Gasteiger partial charge in [-0.15, -0.1) is 0 Å². The van der Waals surface area contributed by atoms with E-state index in [2.05, 4.69) is 17.2 Å². The second kappa shape index (κ2) is 3.67. The van der Waals surface area contributed by atoms with Gasteiger partial charge in [0, 0.05) is 6.54 Å². The van der Waals surface area contributed by atoms with Crippen molar-refractivity contribution in [3.05, 3.63) is 12.2 Å². The van der Waals surface area contributed by atoms with Crippen LogP contribution in [-0.2, 0) is 4.84 Å². The van der Waals surface area contributed by atoms with Crippen molar-refractivity contribution in [2.75, 3.05) is 13.2 Å². The predicted octanol–water partition coefficient (Wildman–Crippen LogP) is 2.37. The number of nitrogens with zero attached hydrogens (tertiary/aromatic N) is 1. The van der Waals surface area contributed by atoms with Crippen LogP contribution in [0.4, 0.5) is 0 Å². The van der Waals surface area contributed by atoms with E-state index in [1.54, 1.807) is 0 Å². The van der Waals surface area contributed by atoms with Crippen molar-refractivity contribution in [1.29, 1.82) is 0 Å². The number of piperidine rings is 1. The molecular formula is C12H19NO. The summed E-state index contributed by atoms with van der Waals surface area (Å²) in [4.78, 5) is 5.68. The zero-order valence-electron chi connectivity index (χ0n) is 8.69. The van der Waals surface area contributed by atoms with Crippen LogP contribution in [0.2, 0.25) is 0 Å². The Morgan fingerprint density at radius 3 is 2.93 bits per heavy atom. The standard InChI is InChI=1S/C12H19NO/c1-2-5-11-9-13-12(6-3-7-14-13)8-10(11)4-1/h3,6,10-12H,1-2,4-5,7-9H2. The fourth-order valence-electron chi connectivity index (χ4n) is 3.30. The molecule has 1 saturated heterocycles. The molecule has 1 saturated carbocycles. The normalized spacial score (nSPS) is 43.0. The second-order valence-electron chi connectivity index (χ2n) is 4.93. The van der Waals surface area contributed by atoms with Gasteiger partial charge in [0.15, 0.2) is 0 Å². The van der Waals surface area contributed by atoms with Crippen LogP contribution in [0.15, 0.2) is 12.2 Å². The molecule has 0 radical (unpaired) electrons. The zero-order valence-corrected chi connectivity index (χ0v) is 8.69. The molecule has 0 bridgehead atoms. The Balaban J connectivity index is 1.73. The van der Waals surface area contributed by atoms with Gasteiger partial charge in [-0.05, 0) is 24.7 Å². The maximum absolute atomic E-state index is 5.68. The van der Waals surface area contributed by atoms with Crippen molar-refractivity contribution in [3.8, 4) is 0 Å². The van der Waals surface area contributed by atoms with E-state index >= 15 is 0 Å². The van der Waals surface area contributed by atoms with E-state index in [4.69, 9.17) is 4.84 Å². The van der Waals surface area contributed by atoms with Crippen LogP contribution in [0.25, 0.3) is 0 Å². The molecule has 2 heteroatoms. The van der Waals surface area contributed by atoms with Crippen LogP contribution in [0.3, 0.4) is 0 Å². The van der Waals surface area contributed by atoms with Crippen molar-refractivity contribution in [1.82, 2.24) is 5.06 Å². The summed E-state index contributed by atoms with van der Waals surface area (Å²) in [5.74, 6) is 1.91. The first-order chi connectivity index (χ1) is 6.93. The Morgan fingerprint density at radius 1 is 1.14 bits per heavy atom. The van der Waals surface area contributed by atoms with Gasteiger partial charge in [-0.1, -0.05) is 31.4 Å². The largest absolute Gasteiger partial charge is 0.294 e. The number of rotatable bonds is 0. The lowest BCUT2D eigenvalue weighted by molar-refractivity contribution is -0.206. The predicted molar refractivity (Wildman–Crippen MR) is 55.7 cm³/mol. The lowest BCUT2D eigenvalue weighted by Gasteiger charge is -2.45. The fourth-order valence-corrected chi connectivity index (χ4v) is 3.30. The summed E-state index contributed by atoms with van der Waals surface area (Å²) in [6, 6.07) is 0.586. The molecule has 0 amide bonds. The minimum Gasteiger partial charge on any atom is -0.294 e. The van der Waals surface area contributed by atoms with E-state index in [1.807, 2.05) is 0 Å². The maximum Gasteiger partial charge on any atom is 0.0867 e.